The number of hydrogen-bond donors (Lipinski definition) is 1. The Morgan fingerprint density at radius 1 is 1.33 bits per heavy atom. The molecule has 1 N–H and O–H groups in total. The average molecular weight is 294 g/mol. The van der Waals surface area contributed by atoms with Gasteiger partial charge in [-0.2, -0.15) is 0 Å². The largest absolute Gasteiger partial charge is 0.506 e. The van der Waals surface area contributed by atoms with Crippen molar-refractivity contribution in [3.8, 4) is 0 Å². The molecule has 1 saturated heterocycles. The Morgan fingerprint density at radius 3 is 2.48 bits per heavy atom. The lowest BCUT2D eigenvalue weighted by atomic mass is 10.1. The molecule has 1 atom stereocenters. The number of carbonyl (C=O) groups is 1. The van der Waals surface area contributed by atoms with Gasteiger partial charge in [0.05, 0.1) is 4.92 Å². The van der Waals surface area contributed by atoms with E-state index in [1.165, 1.54) is 25.0 Å². The Bertz CT molecular complexity index is 497. The molecule has 7 heteroatoms. The number of nitrogens with zero attached hydrogens (tertiary/aromatic N) is 2. The summed E-state index contributed by atoms with van der Waals surface area (Å²) in [7, 11) is 0. The van der Waals surface area contributed by atoms with Crippen LogP contribution in [0.4, 0.5) is 10.5 Å². The summed E-state index contributed by atoms with van der Waals surface area (Å²) in [4.78, 5) is 23.2. The number of ether oxygens (including phenoxy) is 1. The van der Waals surface area contributed by atoms with Crippen LogP contribution < -0.4 is 0 Å². The first-order valence-corrected chi connectivity index (χ1v) is 6.92. The van der Waals surface area contributed by atoms with E-state index in [4.69, 9.17) is 9.84 Å². The van der Waals surface area contributed by atoms with Crippen LogP contribution in [0.3, 0.4) is 0 Å². The van der Waals surface area contributed by atoms with E-state index in [1.807, 2.05) is 0 Å². The normalized spacial score (nSPS) is 16.6. The topological polar surface area (TPSA) is 92.9 Å². The van der Waals surface area contributed by atoms with E-state index >= 15 is 0 Å². The summed E-state index contributed by atoms with van der Waals surface area (Å²) >= 11 is 0. The smallest absolute Gasteiger partial charge is 0.450 e. The number of non-ortho nitro benzene ring substituents is 1. The molecule has 1 fully saturated rings. The highest BCUT2D eigenvalue weighted by Crippen LogP contribution is 2.25. The zero-order chi connectivity index (χ0) is 15.2. The molecule has 0 saturated carbocycles. The number of nitro groups is 1. The van der Waals surface area contributed by atoms with Crippen molar-refractivity contribution >= 4 is 11.8 Å². The minimum Gasteiger partial charge on any atom is -0.450 e. The second kappa shape index (κ2) is 7.03. The molecule has 0 amide bonds. The molecule has 1 aromatic rings. The summed E-state index contributed by atoms with van der Waals surface area (Å²) in [6.45, 7) is 2.81. The van der Waals surface area contributed by atoms with E-state index in [-0.39, 0.29) is 5.69 Å². The average Bonchev–Trinajstić information content (AvgIpc) is 2.96. The number of hydrogen-bond acceptors (Lipinski definition) is 5. The fraction of sp³-hybridized carbons (Fsp3) is 0.500. The molecule has 2 rings (SSSR count). The van der Waals surface area contributed by atoms with E-state index in [0.717, 1.165) is 19.6 Å². The zero-order valence-corrected chi connectivity index (χ0v) is 11.6. The van der Waals surface area contributed by atoms with Crippen LogP contribution in [0.5, 0.6) is 0 Å². The first-order chi connectivity index (χ1) is 10.1. The molecule has 1 aromatic carbocycles. The molecule has 1 heterocycles. The first-order valence-electron chi connectivity index (χ1n) is 6.92. The molecular weight excluding hydrogens is 276 g/mol. The SMILES string of the molecule is O=C(O)OC(CCN1CCCC1)c1ccc([N+](=O)[O-])cc1. The molecule has 1 aliphatic rings. The highest BCUT2D eigenvalue weighted by molar-refractivity contribution is 5.57. The van der Waals surface area contributed by atoms with Gasteiger partial charge >= 0.3 is 6.16 Å². The van der Waals surface area contributed by atoms with Crippen molar-refractivity contribution < 1.29 is 19.6 Å². The van der Waals surface area contributed by atoms with Crippen molar-refractivity contribution in [2.45, 2.75) is 25.4 Å². The van der Waals surface area contributed by atoms with Gasteiger partial charge in [-0.25, -0.2) is 4.79 Å². The molecule has 1 unspecified atom stereocenters. The van der Waals surface area contributed by atoms with Gasteiger partial charge in [0.25, 0.3) is 5.69 Å². The van der Waals surface area contributed by atoms with E-state index in [2.05, 4.69) is 4.90 Å². The lowest BCUT2D eigenvalue weighted by Gasteiger charge is -2.20. The lowest BCUT2D eigenvalue weighted by Crippen LogP contribution is -2.23. The van der Waals surface area contributed by atoms with Crippen molar-refractivity contribution in [3.63, 3.8) is 0 Å². The maximum atomic E-state index is 10.8. The van der Waals surface area contributed by atoms with Gasteiger partial charge in [0.2, 0.25) is 0 Å². The molecule has 0 aromatic heterocycles. The summed E-state index contributed by atoms with van der Waals surface area (Å²) in [5.74, 6) is 0. The Balaban J connectivity index is 2.03. The molecule has 21 heavy (non-hydrogen) atoms. The van der Waals surface area contributed by atoms with Gasteiger partial charge in [-0.05, 0) is 43.6 Å². The fourth-order valence-corrected chi connectivity index (χ4v) is 2.53. The summed E-state index contributed by atoms with van der Waals surface area (Å²) in [6.07, 6.45) is 0.956. The monoisotopic (exact) mass is 294 g/mol. The summed E-state index contributed by atoms with van der Waals surface area (Å²) in [6, 6.07) is 5.83. The van der Waals surface area contributed by atoms with Crippen molar-refractivity contribution in [1.82, 2.24) is 4.90 Å². The maximum Gasteiger partial charge on any atom is 0.506 e. The fourth-order valence-electron chi connectivity index (χ4n) is 2.53. The molecule has 1 aliphatic heterocycles. The maximum absolute atomic E-state index is 10.8. The second-order valence-electron chi connectivity index (χ2n) is 5.06. The third-order valence-corrected chi connectivity index (χ3v) is 3.62. The third-order valence-electron chi connectivity index (χ3n) is 3.62. The number of nitro benzene ring substituents is 1. The number of benzene rings is 1. The van der Waals surface area contributed by atoms with Crippen LogP contribution in [0.15, 0.2) is 24.3 Å². The quantitative estimate of drug-likeness (QED) is 0.492. The van der Waals surface area contributed by atoms with Crippen molar-refractivity contribution in [2.75, 3.05) is 19.6 Å². The molecule has 0 radical (unpaired) electrons. The van der Waals surface area contributed by atoms with Crippen molar-refractivity contribution in [1.29, 1.82) is 0 Å². The minimum atomic E-state index is -1.33. The van der Waals surface area contributed by atoms with Gasteiger partial charge in [-0.15, -0.1) is 0 Å². The van der Waals surface area contributed by atoms with Crippen LogP contribution in [0.25, 0.3) is 0 Å². The molecular formula is C14H18N2O5. The highest BCUT2D eigenvalue weighted by atomic mass is 16.7. The van der Waals surface area contributed by atoms with E-state index in [1.54, 1.807) is 12.1 Å². The van der Waals surface area contributed by atoms with Gasteiger partial charge < -0.3 is 14.7 Å². The standard InChI is InChI=1S/C14H18N2O5/c17-14(18)21-13(7-10-15-8-1-2-9-15)11-3-5-12(6-4-11)16(19)20/h3-6,13H,1-2,7-10H2,(H,17,18). The van der Waals surface area contributed by atoms with Crippen LogP contribution in [0, 0.1) is 10.1 Å². The summed E-state index contributed by atoms with van der Waals surface area (Å²) < 4.78 is 4.92. The minimum absolute atomic E-state index is 0.0210. The summed E-state index contributed by atoms with van der Waals surface area (Å²) in [5, 5.41) is 19.5. The lowest BCUT2D eigenvalue weighted by molar-refractivity contribution is -0.384. The Kier molecular flexibility index (Phi) is 5.10. The molecule has 0 spiro atoms. The molecule has 0 aliphatic carbocycles. The van der Waals surface area contributed by atoms with E-state index in [9.17, 15) is 14.9 Å². The van der Waals surface area contributed by atoms with Gasteiger partial charge in [0, 0.05) is 25.1 Å². The van der Waals surface area contributed by atoms with Crippen LogP contribution in [0.2, 0.25) is 0 Å². The van der Waals surface area contributed by atoms with E-state index < -0.39 is 17.2 Å². The van der Waals surface area contributed by atoms with Gasteiger partial charge in [-0.1, -0.05) is 0 Å². The van der Waals surface area contributed by atoms with Gasteiger partial charge in [0.15, 0.2) is 0 Å². The first kappa shape index (κ1) is 15.2. The van der Waals surface area contributed by atoms with Crippen LogP contribution >= 0.6 is 0 Å². The number of likely N-dealkylation sites (tertiary alicyclic amines) is 1. The Labute approximate surface area is 122 Å². The Hall–Kier alpha value is -2.15. The second-order valence-corrected chi connectivity index (χ2v) is 5.06. The van der Waals surface area contributed by atoms with Crippen LogP contribution in [0.1, 0.15) is 30.9 Å². The molecule has 114 valence electrons. The van der Waals surface area contributed by atoms with Gasteiger partial charge in [-0.3, -0.25) is 10.1 Å². The number of rotatable bonds is 6. The van der Waals surface area contributed by atoms with Crippen LogP contribution in [-0.2, 0) is 4.74 Å². The number of carboxylic acid groups (broad SMARTS) is 1. The third kappa shape index (κ3) is 4.42. The van der Waals surface area contributed by atoms with Crippen molar-refractivity contribution in [3.05, 3.63) is 39.9 Å². The highest BCUT2D eigenvalue weighted by Gasteiger charge is 2.20. The summed E-state index contributed by atoms with van der Waals surface area (Å²) in [5.41, 5.74) is 0.620. The van der Waals surface area contributed by atoms with Gasteiger partial charge in [0.1, 0.15) is 6.10 Å². The molecule has 7 nitrogen and oxygen atoms in total. The van der Waals surface area contributed by atoms with Crippen molar-refractivity contribution in [2.24, 2.45) is 0 Å². The van der Waals surface area contributed by atoms with Crippen LogP contribution in [-0.4, -0.2) is 40.7 Å². The van der Waals surface area contributed by atoms with E-state index in [0.29, 0.717) is 12.0 Å². The zero-order valence-electron chi connectivity index (χ0n) is 11.6. The predicted molar refractivity (Wildman–Crippen MR) is 75.2 cm³/mol. The Morgan fingerprint density at radius 2 is 1.95 bits per heavy atom. The predicted octanol–water partition coefficient (Wildman–Crippen LogP) is 2.82. The molecule has 0 bridgehead atoms.